The second kappa shape index (κ2) is 14.3. The van der Waals surface area contributed by atoms with E-state index in [1.165, 1.54) is 23.3 Å². The third kappa shape index (κ3) is 6.62. The molecular weight excluding hydrogens is 695 g/mol. The van der Waals surface area contributed by atoms with Crippen molar-refractivity contribution in [2.24, 2.45) is 17.8 Å². The average molecular weight is 731 g/mol. The highest BCUT2D eigenvalue weighted by molar-refractivity contribution is 14.1. The molecule has 44 heavy (non-hydrogen) atoms. The van der Waals surface area contributed by atoms with Crippen molar-refractivity contribution in [2.75, 3.05) is 27.4 Å². The molecule has 2 aliphatic rings. The van der Waals surface area contributed by atoms with E-state index in [2.05, 4.69) is 4.98 Å². The topological polar surface area (TPSA) is 129 Å². The molecule has 0 radical (unpaired) electrons. The number of imide groups is 1. The van der Waals surface area contributed by atoms with Crippen molar-refractivity contribution >= 4 is 57.4 Å². The number of carbonyl (C=O) groups excluding carboxylic acids is 2. The van der Waals surface area contributed by atoms with E-state index in [-0.39, 0.29) is 43.7 Å². The fourth-order valence-electron chi connectivity index (χ4n) is 6.35. The number of halogens is 1. The second-order valence-corrected chi connectivity index (χ2v) is 13.1. The zero-order chi connectivity index (χ0) is 31.4. The van der Waals surface area contributed by atoms with E-state index in [4.69, 9.17) is 9.47 Å². The highest BCUT2D eigenvalue weighted by Crippen LogP contribution is 2.47. The molecular formula is C33H35IN2O7S. The Balaban J connectivity index is 1.44. The van der Waals surface area contributed by atoms with Crippen LogP contribution in [0.25, 0.3) is 11.6 Å². The quantitative estimate of drug-likeness (QED) is 0.137. The summed E-state index contributed by atoms with van der Waals surface area (Å²) >= 11 is 3.53. The van der Waals surface area contributed by atoms with Crippen molar-refractivity contribution in [3.05, 3.63) is 84.9 Å². The van der Waals surface area contributed by atoms with Gasteiger partial charge in [0.1, 0.15) is 0 Å². The predicted molar refractivity (Wildman–Crippen MR) is 176 cm³/mol. The Bertz CT molecular complexity index is 1560. The van der Waals surface area contributed by atoms with E-state index < -0.39 is 23.9 Å². The number of phenols is 1. The first kappa shape index (κ1) is 32.3. The van der Waals surface area contributed by atoms with Gasteiger partial charge in [-0.3, -0.25) is 19.5 Å². The molecule has 2 aromatic heterocycles. The van der Waals surface area contributed by atoms with Crippen LogP contribution < -0.4 is 4.74 Å². The first-order valence-corrected chi connectivity index (χ1v) is 16.3. The number of aliphatic hydroxyl groups excluding tert-OH is 2. The molecule has 9 nitrogen and oxygen atoms in total. The van der Waals surface area contributed by atoms with Gasteiger partial charge in [0.15, 0.2) is 11.5 Å². The van der Waals surface area contributed by atoms with Crippen LogP contribution in [-0.2, 0) is 20.9 Å². The van der Waals surface area contributed by atoms with Gasteiger partial charge >= 0.3 is 0 Å². The summed E-state index contributed by atoms with van der Waals surface area (Å²) < 4.78 is 11.5. The molecule has 1 aliphatic heterocycles. The number of hydrogen-bond donors (Lipinski definition) is 3. The molecule has 0 spiro atoms. The number of likely N-dealkylation sites (tertiary alicyclic amines) is 1. The lowest BCUT2D eigenvalue weighted by molar-refractivity contribution is -0.140. The second-order valence-electron chi connectivity index (χ2n) is 11.0. The molecule has 11 heteroatoms. The fraction of sp³-hybridized carbons (Fsp3) is 0.364. The van der Waals surface area contributed by atoms with Gasteiger partial charge in [-0.2, -0.15) is 0 Å². The molecule has 1 aliphatic carbocycles. The molecule has 0 unspecified atom stereocenters. The van der Waals surface area contributed by atoms with Crippen molar-refractivity contribution in [3.8, 4) is 11.5 Å². The largest absolute Gasteiger partial charge is 0.504 e. The van der Waals surface area contributed by atoms with Crippen molar-refractivity contribution < 1.29 is 34.4 Å². The van der Waals surface area contributed by atoms with Crippen LogP contribution in [0.15, 0.2) is 65.2 Å². The Morgan fingerprint density at radius 3 is 2.68 bits per heavy atom. The fourth-order valence-corrected chi connectivity index (χ4v) is 7.67. The number of benzene rings is 1. The molecule has 2 amide bonds. The summed E-state index contributed by atoms with van der Waals surface area (Å²) in [6, 6.07) is 13.0. The number of aromatic hydroxyl groups is 1. The maximum absolute atomic E-state index is 13.7. The van der Waals surface area contributed by atoms with Crippen LogP contribution in [0.2, 0.25) is 0 Å². The van der Waals surface area contributed by atoms with Crippen LogP contribution >= 0.6 is 33.9 Å². The molecule has 0 bridgehead atoms. The number of rotatable bonds is 12. The van der Waals surface area contributed by atoms with Gasteiger partial charge in [-0.25, -0.2) is 0 Å². The van der Waals surface area contributed by atoms with Crippen molar-refractivity contribution in [2.45, 2.75) is 31.9 Å². The summed E-state index contributed by atoms with van der Waals surface area (Å²) in [5.41, 5.74) is 3.71. The highest BCUT2D eigenvalue weighted by Gasteiger charge is 2.54. The normalized spacial score (nSPS) is 21.2. The number of amides is 2. The van der Waals surface area contributed by atoms with Gasteiger partial charge in [0.05, 0.1) is 54.1 Å². The van der Waals surface area contributed by atoms with Crippen LogP contribution in [0.5, 0.6) is 11.5 Å². The first-order chi connectivity index (χ1) is 21.3. The number of allylic oxidation sites excluding steroid dienone is 1. The number of methoxy groups -OCH3 is 2. The lowest BCUT2D eigenvalue weighted by atomic mass is 9.68. The first-order valence-electron chi connectivity index (χ1n) is 14.3. The van der Waals surface area contributed by atoms with E-state index in [0.29, 0.717) is 27.7 Å². The maximum atomic E-state index is 13.7. The molecule has 1 aromatic carbocycles. The number of fused-ring (bicyclic) bond motifs is 1. The summed E-state index contributed by atoms with van der Waals surface area (Å²) in [5.74, 6) is -2.18. The monoisotopic (exact) mass is 730 g/mol. The predicted octanol–water partition coefficient (Wildman–Crippen LogP) is 4.90. The summed E-state index contributed by atoms with van der Waals surface area (Å²) in [6.07, 6.45) is 3.66. The Kier molecular flexibility index (Phi) is 10.5. The summed E-state index contributed by atoms with van der Waals surface area (Å²) in [6.45, 7) is 0.0195. The van der Waals surface area contributed by atoms with Crippen LogP contribution in [0.4, 0.5) is 0 Å². The van der Waals surface area contributed by atoms with Crippen LogP contribution in [0.1, 0.15) is 35.4 Å². The van der Waals surface area contributed by atoms with E-state index in [1.54, 1.807) is 19.4 Å². The van der Waals surface area contributed by atoms with E-state index >= 15 is 0 Å². The van der Waals surface area contributed by atoms with Crippen LogP contribution in [-0.4, -0.2) is 70.6 Å². The Morgan fingerprint density at radius 2 is 2.02 bits per heavy atom. The Hall–Kier alpha value is -3.10. The van der Waals surface area contributed by atoms with Crippen LogP contribution in [0, 0.1) is 21.3 Å². The van der Waals surface area contributed by atoms with Crippen LogP contribution in [0.3, 0.4) is 0 Å². The molecule has 3 N–H and O–H groups in total. The molecule has 4 atom stereocenters. The smallest absolute Gasteiger partial charge is 0.234 e. The standard InChI is InChI=1S/C33H35IN2O7S/c1-42-18-21-15-23-30(33(41)36(32(23)40)16-22-6-5-11-44-22)24(17-37)29(21)27(38)9-8-20(26-7-3-4-10-35-26)12-19-13-25(34)31(39)28(14-19)43-2/h3-7,10-14,23-24,27,30,37-39H,8-9,15-18H2,1-2H3/b20-12-/t23-,24+,27-,30-/m1/s1. The molecule has 1 saturated heterocycles. The number of aromatic nitrogens is 1. The van der Waals surface area contributed by atoms with Crippen molar-refractivity contribution in [3.63, 3.8) is 0 Å². The van der Waals surface area contributed by atoms with Gasteiger partial charge in [0.25, 0.3) is 0 Å². The number of phenolic OH excluding ortho intramolecular Hbond substituents is 1. The van der Waals surface area contributed by atoms with Gasteiger partial charge in [-0.1, -0.05) is 12.1 Å². The van der Waals surface area contributed by atoms with Crippen molar-refractivity contribution in [1.82, 2.24) is 9.88 Å². The Labute approximate surface area is 274 Å². The minimum Gasteiger partial charge on any atom is -0.504 e. The number of hydrogen-bond acceptors (Lipinski definition) is 9. The molecule has 0 saturated carbocycles. The third-order valence-corrected chi connectivity index (χ3v) is 10.0. The summed E-state index contributed by atoms with van der Waals surface area (Å²) in [4.78, 5) is 33.9. The van der Waals surface area contributed by atoms with Gasteiger partial charge in [0.2, 0.25) is 11.8 Å². The lowest BCUT2D eigenvalue weighted by Gasteiger charge is -2.36. The zero-order valence-electron chi connectivity index (χ0n) is 24.5. The zero-order valence-corrected chi connectivity index (χ0v) is 27.5. The average Bonchev–Trinajstić information content (AvgIpc) is 3.63. The number of nitrogens with zero attached hydrogens (tertiary/aromatic N) is 2. The number of pyridine rings is 1. The van der Waals surface area contributed by atoms with Crippen molar-refractivity contribution in [1.29, 1.82) is 0 Å². The Morgan fingerprint density at radius 1 is 1.20 bits per heavy atom. The highest BCUT2D eigenvalue weighted by atomic mass is 127. The van der Waals surface area contributed by atoms with Gasteiger partial charge in [0, 0.05) is 24.1 Å². The van der Waals surface area contributed by atoms with E-state index in [0.717, 1.165) is 27.3 Å². The molecule has 5 rings (SSSR count). The van der Waals surface area contributed by atoms with Gasteiger partial charge in [-0.15, -0.1) is 11.3 Å². The van der Waals surface area contributed by atoms with E-state index in [9.17, 15) is 24.9 Å². The lowest BCUT2D eigenvalue weighted by Crippen LogP contribution is -2.39. The molecule has 232 valence electrons. The van der Waals surface area contributed by atoms with E-state index in [1.807, 2.05) is 70.4 Å². The number of aliphatic hydroxyl groups is 2. The maximum Gasteiger partial charge on any atom is 0.234 e. The molecule has 3 heterocycles. The van der Waals surface area contributed by atoms with Gasteiger partial charge in [-0.05, 0) is 106 Å². The number of thiophene rings is 1. The third-order valence-electron chi connectivity index (χ3n) is 8.34. The summed E-state index contributed by atoms with van der Waals surface area (Å²) in [7, 11) is 3.05. The number of ether oxygens (including phenoxy) is 2. The minimum absolute atomic E-state index is 0.0669. The summed E-state index contributed by atoms with van der Waals surface area (Å²) in [5, 5.41) is 34.5. The SMILES string of the molecule is COCC1=C([C@H](O)CC/C(=C/c2cc(I)c(O)c(OC)c2)c2ccccn2)[C@H](CO)[C@@H]2C(=O)N(Cc3cccs3)C(=O)[C@@H]2C1. The number of carbonyl (C=O) groups is 2. The molecule has 3 aromatic rings. The minimum atomic E-state index is -0.992. The van der Waals surface area contributed by atoms with Gasteiger partial charge < -0.3 is 24.8 Å². The molecule has 1 fully saturated rings.